The van der Waals surface area contributed by atoms with Gasteiger partial charge >= 0.3 is 0 Å². The number of thiophene rings is 1. The Morgan fingerprint density at radius 3 is 2.11 bits per heavy atom. The number of ketones is 2. The largest absolute Gasteiger partial charge is 0.301 e. The highest BCUT2D eigenvalue weighted by molar-refractivity contribution is 7.17. The molecule has 4 nitrogen and oxygen atoms in total. The number of carbonyl (C=O) groups excluding carboxylic acids is 2. The first kappa shape index (κ1) is 21.7. The Morgan fingerprint density at radius 1 is 0.722 bits per heavy atom. The molecule has 36 heavy (non-hydrogen) atoms. The second kappa shape index (κ2) is 8.77. The van der Waals surface area contributed by atoms with Crippen LogP contribution < -0.4 is 4.90 Å². The topological polar surface area (TPSA) is 61.2 Å². The van der Waals surface area contributed by atoms with Crippen molar-refractivity contribution in [2.45, 2.75) is 0 Å². The minimum atomic E-state index is -0.233. The number of hydrogen-bond donors (Lipinski definition) is 0. The number of rotatable bonds is 4. The van der Waals surface area contributed by atoms with E-state index in [1.807, 2.05) is 42.5 Å². The molecular weight excluding hydrogens is 464 g/mol. The Hall–Kier alpha value is -4.79. The molecule has 5 aromatic rings. The zero-order chi connectivity index (χ0) is 24.6. The zero-order valence-corrected chi connectivity index (χ0v) is 19.8. The molecule has 0 fully saturated rings. The normalized spacial score (nSPS) is 12.5. The van der Waals surface area contributed by atoms with E-state index in [9.17, 15) is 14.9 Å². The number of Topliss-reactive ketones (excluding diaryl/α,β-unsaturated/α-hetero) is 2. The highest BCUT2D eigenvalue weighted by Gasteiger charge is 2.32. The molecule has 5 heteroatoms. The molecule has 1 aliphatic carbocycles. The highest BCUT2D eigenvalue weighted by Crippen LogP contribution is 2.42. The Morgan fingerprint density at radius 2 is 1.39 bits per heavy atom. The van der Waals surface area contributed by atoms with Crippen LogP contribution in [0.25, 0.3) is 16.8 Å². The zero-order valence-electron chi connectivity index (χ0n) is 19.0. The van der Waals surface area contributed by atoms with Crippen molar-refractivity contribution < 1.29 is 9.59 Å². The first-order chi connectivity index (χ1) is 17.6. The predicted octanol–water partition coefficient (Wildman–Crippen LogP) is 7.71. The van der Waals surface area contributed by atoms with Crippen molar-refractivity contribution in [1.82, 2.24) is 0 Å². The first-order valence-electron chi connectivity index (χ1n) is 11.4. The number of carbonyl (C=O) groups is 2. The molecule has 1 heterocycles. The van der Waals surface area contributed by atoms with Gasteiger partial charge < -0.3 is 4.90 Å². The molecular formula is C31H18N2O2S. The molecule has 6 rings (SSSR count). The van der Waals surface area contributed by atoms with E-state index in [1.54, 1.807) is 42.5 Å². The SMILES string of the molecule is N#Cc1ccc(N(c2ccc(C=C3C(=O)c4ccccc4C3=O)s2)c2cccc3ccccc23)cc1. The number of hydrogen-bond acceptors (Lipinski definition) is 5. The fourth-order valence-electron chi connectivity index (χ4n) is 4.56. The molecule has 0 N–H and O–H groups in total. The molecule has 0 radical (unpaired) electrons. The van der Waals surface area contributed by atoms with Crippen LogP contribution in [-0.4, -0.2) is 11.6 Å². The van der Waals surface area contributed by atoms with Crippen molar-refractivity contribution in [2.75, 3.05) is 4.90 Å². The molecule has 170 valence electrons. The molecule has 0 amide bonds. The Bertz CT molecular complexity index is 1700. The monoisotopic (exact) mass is 482 g/mol. The average Bonchev–Trinajstić information content (AvgIpc) is 3.48. The fraction of sp³-hybridized carbons (Fsp3) is 0. The first-order valence-corrected chi connectivity index (χ1v) is 12.2. The summed E-state index contributed by atoms with van der Waals surface area (Å²) in [5, 5.41) is 12.4. The third kappa shape index (κ3) is 3.61. The second-order valence-corrected chi connectivity index (χ2v) is 9.52. The standard InChI is InChI=1S/C31H18N2O2S/c32-19-20-12-14-22(15-13-20)33(28-11-5-7-21-6-1-2-8-24(21)28)29-17-16-23(36-29)18-27-30(34)25-9-3-4-10-26(25)31(27)35/h1-18H. The van der Waals surface area contributed by atoms with Crippen LogP contribution in [0.2, 0.25) is 0 Å². The van der Waals surface area contributed by atoms with E-state index in [0.29, 0.717) is 16.7 Å². The third-order valence-corrected chi connectivity index (χ3v) is 7.30. The van der Waals surface area contributed by atoms with Crippen LogP contribution in [0.4, 0.5) is 16.4 Å². The van der Waals surface area contributed by atoms with Gasteiger partial charge in [0, 0.05) is 27.1 Å². The van der Waals surface area contributed by atoms with Gasteiger partial charge in [0.25, 0.3) is 0 Å². The molecule has 0 unspecified atom stereocenters. The lowest BCUT2D eigenvalue weighted by Crippen LogP contribution is -2.08. The summed E-state index contributed by atoms with van der Waals surface area (Å²) < 4.78 is 0. The third-order valence-electron chi connectivity index (χ3n) is 6.29. The van der Waals surface area contributed by atoms with Crippen molar-refractivity contribution in [1.29, 1.82) is 5.26 Å². The van der Waals surface area contributed by atoms with Gasteiger partial charge in [0.1, 0.15) is 5.00 Å². The lowest BCUT2D eigenvalue weighted by atomic mass is 10.1. The molecule has 1 aromatic heterocycles. The van der Waals surface area contributed by atoms with Gasteiger partial charge in [0.2, 0.25) is 0 Å². The Balaban J connectivity index is 1.46. The average molecular weight is 483 g/mol. The highest BCUT2D eigenvalue weighted by atomic mass is 32.1. The van der Waals surface area contributed by atoms with Gasteiger partial charge in [-0.05, 0) is 53.9 Å². The summed E-state index contributed by atoms with van der Waals surface area (Å²) in [6.07, 6.45) is 1.69. The maximum atomic E-state index is 12.9. The summed E-state index contributed by atoms with van der Waals surface area (Å²) in [7, 11) is 0. The van der Waals surface area contributed by atoms with E-state index in [0.717, 1.165) is 32.0 Å². The van der Waals surface area contributed by atoms with Gasteiger partial charge in [-0.3, -0.25) is 9.59 Å². The molecule has 0 bridgehead atoms. The molecule has 0 spiro atoms. The fourth-order valence-corrected chi connectivity index (χ4v) is 5.54. The molecule has 0 saturated heterocycles. The minimum Gasteiger partial charge on any atom is -0.301 e. The van der Waals surface area contributed by atoms with Gasteiger partial charge in [0.15, 0.2) is 11.6 Å². The van der Waals surface area contributed by atoms with E-state index in [4.69, 9.17) is 0 Å². The number of anilines is 3. The lowest BCUT2D eigenvalue weighted by Gasteiger charge is -2.25. The van der Waals surface area contributed by atoms with E-state index in [2.05, 4.69) is 35.2 Å². The number of nitriles is 1. The summed E-state index contributed by atoms with van der Waals surface area (Å²) >= 11 is 1.50. The van der Waals surface area contributed by atoms with Crippen molar-refractivity contribution in [3.05, 3.63) is 130 Å². The predicted molar refractivity (Wildman–Crippen MR) is 144 cm³/mol. The second-order valence-electron chi connectivity index (χ2n) is 8.43. The van der Waals surface area contributed by atoms with Crippen LogP contribution in [0.3, 0.4) is 0 Å². The van der Waals surface area contributed by atoms with Crippen LogP contribution in [0.15, 0.2) is 109 Å². The van der Waals surface area contributed by atoms with E-state index in [1.165, 1.54) is 11.3 Å². The van der Waals surface area contributed by atoms with Crippen molar-refractivity contribution in [3.8, 4) is 6.07 Å². The molecule has 1 aliphatic rings. The van der Waals surface area contributed by atoms with Gasteiger partial charge in [-0.15, -0.1) is 11.3 Å². The van der Waals surface area contributed by atoms with Crippen molar-refractivity contribution >= 4 is 56.1 Å². The summed E-state index contributed by atoms with van der Waals surface area (Å²) in [5.74, 6) is -0.466. The maximum absolute atomic E-state index is 12.9. The minimum absolute atomic E-state index is 0.194. The van der Waals surface area contributed by atoms with Crippen molar-refractivity contribution in [2.24, 2.45) is 0 Å². The summed E-state index contributed by atoms with van der Waals surface area (Å²) in [5.41, 5.74) is 3.61. The Kier molecular flexibility index (Phi) is 5.29. The molecule has 0 atom stereocenters. The quantitative estimate of drug-likeness (QED) is 0.194. The van der Waals surface area contributed by atoms with Crippen LogP contribution in [-0.2, 0) is 0 Å². The van der Waals surface area contributed by atoms with E-state index < -0.39 is 0 Å². The number of benzene rings is 4. The van der Waals surface area contributed by atoms with Crippen LogP contribution in [0.5, 0.6) is 0 Å². The van der Waals surface area contributed by atoms with Gasteiger partial charge in [-0.25, -0.2) is 0 Å². The lowest BCUT2D eigenvalue weighted by molar-refractivity contribution is 0.0990. The number of fused-ring (bicyclic) bond motifs is 2. The van der Waals surface area contributed by atoms with E-state index in [-0.39, 0.29) is 17.1 Å². The van der Waals surface area contributed by atoms with Crippen LogP contribution in [0, 0.1) is 11.3 Å². The van der Waals surface area contributed by atoms with Crippen molar-refractivity contribution in [3.63, 3.8) is 0 Å². The Labute approximate surface area is 212 Å². The summed E-state index contributed by atoms with van der Waals surface area (Å²) in [6, 6.07) is 34.9. The molecule has 0 aliphatic heterocycles. The maximum Gasteiger partial charge on any atom is 0.197 e. The van der Waals surface area contributed by atoms with Crippen LogP contribution >= 0.6 is 11.3 Å². The number of allylic oxidation sites excluding steroid dienone is 1. The molecule has 4 aromatic carbocycles. The van der Waals surface area contributed by atoms with Gasteiger partial charge in [0.05, 0.1) is 22.9 Å². The number of nitrogens with zero attached hydrogens (tertiary/aromatic N) is 2. The van der Waals surface area contributed by atoms with E-state index >= 15 is 0 Å². The van der Waals surface area contributed by atoms with Crippen LogP contribution in [0.1, 0.15) is 31.2 Å². The summed E-state index contributed by atoms with van der Waals surface area (Å²) in [6.45, 7) is 0. The van der Waals surface area contributed by atoms with Gasteiger partial charge in [-0.1, -0.05) is 60.7 Å². The van der Waals surface area contributed by atoms with Gasteiger partial charge in [-0.2, -0.15) is 5.26 Å². The smallest absolute Gasteiger partial charge is 0.197 e. The summed E-state index contributed by atoms with van der Waals surface area (Å²) in [4.78, 5) is 28.7. The molecule has 0 saturated carbocycles.